The van der Waals surface area contributed by atoms with Crippen molar-refractivity contribution in [3.05, 3.63) is 34.9 Å². The van der Waals surface area contributed by atoms with Gasteiger partial charge >= 0.3 is 0 Å². The normalized spacial score (nSPS) is 18.7. The zero-order valence-corrected chi connectivity index (χ0v) is 13.7. The quantitative estimate of drug-likeness (QED) is 0.830. The molecule has 0 spiro atoms. The van der Waals surface area contributed by atoms with E-state index in [2.05, 4.69) is 10.2 Å². The van der Waals surface area contributed by atoms with Gasteiger partial charge in [0.05, 0.1) is 19.3 Å². The number of carbonyl (C=O) groups excluding carboxylic acids is 1. The van der Waals surface area contributed by atoms with Crippen molar-refractivity contribution in [3.8, 4) is 0 Å². The molecule has 1 amide bonds. The van der Waals surface area contributed by atoms with Crippen molar-refractivity contribution < 1.29 is 9.53 Å². The van der Waals surface area contributed by atoms with E-state index in [-0.39, 0.29) is 17.9 Å². The first-order valence-electron chi connectivity index (χ1n) is 7.67. The molecule has 1 saturated heterocycles. The van der Waals surface area contributed by atoms with Gasteiger partial charge in [0.1, 0.15) is 0 Å². The van der Waals surface area contributed by atoms with Crippen LogP contribution in [0.5, 0.6) is 0 Å². The fourth-order valence-electron chi connectivity index (χ4n) is 2.54. The summed E-state index contributed by atoms with van der Waals surface area (Å²) in [7, 11) is 0. The lowest BCUT2D eigenvalue weighted by Gasteiger charge is -2.35. The van der Waals surface area contributed by atoms with Crippen LogP contribution in [0.3, 0.4) is 0 Å². The van der Waals surface area contributed by atoms with Gasteiger partial charge < -0.3 is 15.8 Å². The highest BCUT2D eigenvalue weighted by Crippen LogP contribution is 2.24. The lowest BCUT2D eigenvalue weighted by molar-refractivity contribution is -0.124. The fraction of sp³-hybridized carbons (Fsp3) is 0.562. The highest BCUT2D eigenvalue weighted by molar-refractivity contribution is 6.30. The summed E-state index contributed by atoms with van der Waals surface area (Å²) < 4.78 is 5.42. The molecule has 0 aliphatic carbocycles. The molecule has 1 aromatic carbocycles. The Morgan fingerprint density at radius 2 is 2.18 bits per heavy atom. The van der Waals surface area contributed by atoms with E-state index in [4.69, 9.17) is 22.1 Å². The predicted octanol–water partition coefficient (Wildman–Crippen LogP) is 1.42. The van der Waals surface area contributed by atoms with E-state index in [9.17, 15) is 4.79 Å². The highest BCUT2D eigenvalue weighted by atomic mass is 35.5. The molecule has 6 heteroatoms. The Morgan fingerprint density at radius 3 is 2.82 bits per heavy atom. The highest BCUT2D eigenvalue weighted by Gasteiger charge is 2.24. The molecule has 1 heterocycles. The molecule has 5 nitrogen and oxygen atoms in total. The van der Waals surface area contributed by atoms with E-state index < -0.39 is 0 Å². The Labute approximate surface area is 136 Å². The Hall–Kier alpha value is -1.14. The number of morpholine rings is 1. The van der Waals surface area contributed by atoms with Crippen LogP contribution < -0.4 is 11.1 Å². The third-order valence-corrected chi connectivity index (χ3v) is 4.23. The minimum absolute atomic E-state index is 0.0113. The standard InChI is InChI=1S/C16H24ClN3O2/c1-12(10-18)16(21)19-11-15(20-5-7-22-8-6-20)13-3-2-4-14(17)9-13/h2-4,9,12,15H,5-8,10-11,18H2,1H3,(H,19,21). The number of hydrogen-bond donors (Lipinski definition) is 2. The summed E-state index contributed by atoms with van der Waals surface area (Å²) in [6.07, 6.45) is 0. The predicted molar refractivity (Wildman–Crippen MR) is 87.8 cm³/mol. The van der Waals surface area contributed by atoms with E-state index >= 15 is 0 Å². The van der Waals surface area contributed by atoms with Gasteiger partial charge in [0, 0.05) is 37.1 Å². The molecule has 2 atom stereocenters. The van der Waals surface area contributed by atoms with Gasteiger partial charge in [0.15, 0.2) is 0 Å². The summed E-state index contributed by atoms with van der Waals surface area (Å²) >= 11 is 6.12. The first-order valence-corrected chi connectivity index (χ1v) is 8.04. The van der Waals surface area contributed by atoms with Crippen molar-refractivity contribution in [1.82, 2.24) is 10.2 Å². The average molecular weight is 326 g/mol. The first kappa shape index (κ1) is 17.2. The number of amides is 1. The Bertz CT molecular complexity index is 492. The van der Waals surface area contributed by atoms with Gasteiger partial charge in [0.2, 0.25) is 5.91 Å². The molecule has 0 aromatic heterocycles. The van der Waals surface area contributed by atoms with Crippen molar-refractivity contribution in [1.29, 1.82) is 0 Å². The molecule has 22 heavy (non-hydrogen) atoms. The number of carbonyl (C=O) groups is 1. The maximum absolute atomic E-state index is 12.0. The van der Waals surface area contributed by atoms with Gasteiger partial charge in [-0.3, -0.25) is 9.69 Å². The van der Waals surface area contributed by atoms with Crippen molar-refractivity contribution in [2.24, 2.45) is 11.7 Å². The molecule has 1 aliphatic heterocycles. The summed E-state index contributed by atoms with van der Waals surface area (Å²) in [6.45, 7) is 5.85. The number of nitrogens with two attached hydrogens (primary N) is 1. The SMILES string of the molecule is CC(CN)C(=O)NCC(c1cccc(Cl)c1)N1CCOCC1. The maximum Gasteiger partial charge on any atom is 0.224 e. The van der Waals surface area contributed by atoms with E-state index in [0.717, 1.165) is 18.7 Å². The number of rotatable bonds is 6. The minimum atomic E-state index is -0.176. The molecule has 122 valence electrons. The van der Waals surface area contributed by atoms with Gasteiger partial charge in [-0.1, -0.05) is 30.7 Å². The maximum atomic E-state index is 12.0. The average Bonchev–Trinajstić information content (AvgIpc) is 2.55. The number of benzene rings is 1. The topological polar surface area (TPSA) is 67.6 Å². The molecule has 3 N–H and O–H groups in total. The van der Waals surface area contributed by atoms with E-state index in [1.54, 1.807) is 0 Å². The molecule has 2 rings (SSSR count). The van der Waals surface area contributed by atoms with Crippen LogP contribution >= 0.6 is 11.6 Å². The molecule has 1 aliphatic rings. The molecule has 2 unspecified atom stereocenters. The van der Waals surface area contributed by atoms with Crippen LogP contribution in [0.1, 0.15) is 18.5 Å². The summed E-state index contributed by atoms with van der Waals surface area (Å²) in [4.78, 5) is 14.3. The lowest BCUT2D eigenvalue weighted by atomic mass is 10.0. The zero-order valence-electron chi connectivity index (χ0n) is 12.9. The summed E-state index contributed by atoms with van der Waals surface area (Å²) in [5.41, 5.74) is 6.65. The van der Waals surface area contributed by atoms with Crippen LogP contribution in [0, 0.1) is 5.92 Å². The third-order valence-electron chi connectivity index (χ3n) is 3.99. The second kappa shape index (κ2) is 8.48. The van der Waals surface area contributed by atoms with Crippen molar-refractivity contribution in [2.45, 2.75) is 13.0 Å². The van der Waals surface area contributed by atoms with Crippen LogP contribution in [0.2, 0.25) is 5.02 Å². The summed E-state index contributed by atoms with van der Waals surface area (Å²) in [5.74, 6) is -0.188. The monoisotopic (exact) mass is 325 g/mol. The number of hydrogen-bond acceptors (Lipinski definition) is 4. The number of nitrogens with zero attached hydrogens (tertiary/aromatic N) is 1. The fourth-order valence-corrected chi connectivity index (χ4v) is 2.74. The van der Waals surface area contributed by atoms with Gasteiger partial charge in [0.25, 0.3) is 0 Å². The van der Waals surface area contributed by atoms with Crippen LogP contribution in [-0.4, -0.2) is 50.2 Å². The van der Waals surface area contributed by atoms with Crippen LogP contribution in [0.4, 0.5) is 0 Å². The summed E-state index contributed by atoms with van der Waals surface area (Å²) in [5, 5.41) is 3.71. The Kier molecular flexibility index (Phi) is 6.64. The summed E-state index contributed by atoms with van der Waals surface area (Å²) in [6, 6.07) is 7.90. The molecule has 0 bridgehead atoms. The molecule has 1 aromatic rings. The zero-order chi connectivity index (χ0) is 15.9. The number of nitrogens with one attached hydrogen (secondary N) is 1. The molecular weight excluding hydrogens is 302 g/mol. The minimum Gasteiger partial charge on any atom is -0.379 e. The van der Waals surface area contributed by atoms with E-state index in [1.807, 2.05) is 31.2 Å². The van der Waals surface area contributed by atoms with Crippen LogP contribution in [-0.2, 0) is 9.53 Å². The number of halogens is 1. The molecule has 0 radical (unpaired) electrons. The van der Waals surface area contributed by atoms with E-state index in [1.165, 1.54) is 0 Å². The second-order valence-corrected chi connectivity index (χ2v) is 6.04. The van der Waals surface area contributed by atoms with Gasteiger partial charge in [-0.2, -0.15) is 0 Å². The Morgan fingerprint density at radius 1 is 1.45 bits per heavy atom. The van der Waals surface area contributed by atoms with Gasteiger partial charge in [-0.15, -0.1) is 0 Å². The first-order chi connectivity index (χ1) is 10.6. The third kappa shape index (κ3) is 4.68. The van der Waals surface area contributed by atoms with Gasteiger partial charge in [-0.25, -0.2) is 0 Å². The molecule has 0 saturated carbocycles. The number of ether oxygens (including phenoxy) is 1. The second-order valence-electron chi connectivity index (χ2n) is 5.60. The molecular formula is C16H24ClN3O2. The lowest BCUT2D eigenvalue weighted by Crippen LogP contribution is -2.45. The largest absolute Gasteiger partial charge is 0.379 e. The van der Waals surface area contributed by atoms with Crippen molar-refractivity contribution >= 4 is 17.5 Å². The van der Waals surface area contributed by atoms with Crippen LogP contribution in [0.15, 0.2) is 24.3 Å². The smallest absolute Gasteiger partial charge is 0.224 e. The van der Waals surface area contributed by atoms with Crippen molar-refractivity contribution in [2.75, 3.05) is 39.4 Å². The van der Waals surface area contributed by atoms with Crippen LogP contribution in [0.25, 0.3) is 0 Å². The molecule has 1 fully saturated rings. The van der Waals surface area contributed by atoms with Gasteiger partial charge in [-0.05, 0) is 17.7 Å². The van der Waals surface area contributed by atoms with E-state index in [0.29, 0.717) is 31.3 Å². The van der Waals surface area contributed by atoms with Crippen molar-refractivity contribution in [3.63, 3.8) is 0 Å². The Balaban J connectivity index is 2.09.